The minimum Gasteiger partial charge on any atom is -0.468 e. The van der Waals surface area contributed by atoms with Gasteiger partial charge in [-0.05, 0) is 43.2 Å². The summed E-state index contributed by atoms with van der Waals surface area (Å²) in [5, 5.41) is 1.86. The van der Waals surface area contributed by atoms with Crippen LogP contribution in [-0.4, -0.2) is 43.5 Å². The van der Waals surface area contributed by atoms with E-state index in [1.807, 2.05) is 0 Å². The Kier molecular flexibility index (Phi) is 6.16. The number of sulfonamides is 1. The monoisotopic (exact) mass is 449 g/mol. The first-order valence-electron chi connectivity index (χ1n) is 9.86. The first-order valence-corrected chi connectivity index (χ1v) is 12.2. The smallest absolute Gasteiger partial charge is 0.247 e. The normalized spacial score (nSPS) is 19.7. The Morgan fingerprint density at radius 3 is 2.67 bits per heavy atom. The van der Waals surface area contributed by atoms with E-state index in [0.717, 1.165) is 25.7 Å². The largest absolute Gasteiger partial charge is 0.468 e. The van der Waals surface area contributed by atoms with Crippen LogP contribution in [0, 0.1) is 0 Å². The molecular formula is C20H23N3O5S2. The molecule has 4 rings (SSSR count). The van der Waals surface area contributed by atoms with Gasteiger partial charge < -0.3 is 14.6 Å². The van der Waals surface area contributed by atoms with Crippen LogP contribution in [0.2, 0.25) is 0 Å². The molecule has 10 heteroatoms. The molecule has 1 aromatic carbocycles. The van der Waals surface area contributed by atoms with E-state index in [0.29, 0.717) is 29.4 Å². The Morgan fingerprint density at radius 2 is 1.97 bits per heavy atom. The number of carbonyl (C=O) groups excluding carboxylic acids is 2. The Balaban J connectivity index is 1.48. The van der Waals surface area contributed by atoms with E-state index < -0.39 is 21.2 Å². The molecule has 160 valence electrons. The second kappa shape index (κ2) is 8.83. The van der Waals surface area contributed by atoms with Gasteiger partial charge in [-0.25, -0.2) is 13.1 Å². The highest BCUT2D eigenvalue weighted by Gasteiger charge is 2.36. The molecule has 2 aliphatic heterocycles. The fourth-order valence-electron chi connectivity index (χ4n) is 3.54. The van der Waals surface area contributed by atoms with Crippen LogP contribution in [0.3, 0.4) is 0 Å². The molecule has 0 aliphatic carbocycles. The summed E-state index contributed by atoms with van der Waals surface area (Å²) in [7, 11) is -3.78. The predicted molar refractivity (Wildman–Crippen MR) is 112 cm³/mol. The first-order chi connectivity index (χ1) is 14.4. The highest BCUT2D eigenvalue weighted by molar-refractivity contribution is 8.01. The number of amides is 2. The molecule has 1 saturated heterocycles. The van der Waals surface area contributed by atoms with Gasteiger partial charge in [-0.15, -0.1) is 11.8 Å². The summed E-state index contributed by atoms with van der Waals surface area (Å²) in [6.45, 7) is 1.38. The molecule has 0 saturated carbocycles. The number of nitrogens with zero attached hydrogens (tertiary/aromatic N) is 1. The number of hydrogen-bond acceptors (Lipinski definition) is 6. The molecule has 30 heavy (non-hydrogen) atoms. The quantitative estimate of drug-likeness (QED) is 0.679. The van der Waals surface area contributed by atoms with Crippen molar-refractivity contribution in [1.29, 1.82) is 0 Å². The van der Waals surface area contributed by atoms with Crippen molar-refractivity contribution in [3.05, 3.63) is 42.4 Å². The summed E-state index contributed by atoms with van der Waals surface area (Å²) in [5.41, 5.74) is 0.394. The van der Waals surface area contributed by atoms with Gasteiger partial charge in [0.05, 0.1) is 23.4 Å². The van der Waals surface area contributed by atoms with E-state index in [1.54, 1.807) is 23.1 Å². The van der Waals surface area contributed by atoms with Gasteiger partial charge in [0.2, 0.25) is 21.8 Å². The van der Waals surface area contributed by atoms with Crippen LogP contribution >= 0.6 is 11.8 Å². The average molecular weight is 450 g/mol. The first kappa shape index (κ1) is 21.0. The molecule has 0 spiro atoms. The molecule has 0 bridgehead atoms. The third kappa shape index (κ3) is 4.55. The molecule has 1 fully saturated rings. The summed E-state index contributed by atoms with van der Waals surface area (Å²) >= 11 is 1.17. The van der Waals surface area contributed by atoms with Gasteiger partial charge in [-0.2, -0.15) is 0 Å². The van der Waals surface area contributed by atoms with Gasteiger partial charge in [-0.1, -0.05) is 12.8 Å². The van der Waals surface area contributed by atoms with E-state index in [-0.39, 0.29) is 17.3 Å². The van der Waals surface area contributed by atoms with Crippen molar-refractivity contribution < 1.29 is 22.4 Å². The maximum Gasteiger partial charge on any atom is 0.247 e. The fourth-order valence-corrected chi connectivity index (χ4v) is 5.61. The third-order valence-corrected chi connectivity index (χ3v) is 7.82. The van der Waals surface area contributed by atoms with Gasteiger partial charge in [0.25, 0.3) is 0 Å². The second-order valence-electron chi connectivity index (χ2n) is 7.29. The number of nitrogens with one attached hydrogen (secondary N) is 2. The zero-order valence-electron chi connectivity index (χ0n) is 16.3. The number of thioether (sulfide) groups is 1. The highest BCUT2D eigenvalue weighted by Crippen LogP contribution is 2.38. The maximum absolute atomic E-state index is 12.9. The molecule has 0 unspecified atom stereocenters. The van der Waals surface area contributed by atoms with Crippen LogP contribution in [0.1, 0.15) is 31.4 Å². The summed E-state index contributed by atoms with van der Waals surface area (Å²) in [4.78, 5) is 28.0. The van der Waals surface area contributed by atoms with Crippen molar-refractivity contribution >= 4 is 39.3 Å². The maximum atomic E-state index is 12.9. The molecule has 0 radical (unpaired) electrons. The topological polar surface area (TPSA) is 109 Å². The predicted octanol–water partition coefficient (Wildman–Crippen LogP) is 2.57. The highest BCUT2D eigenvalue weighted by atomic mass is 32.2. The zero-order valence-corrected chi connectivity index (χ0v) is 17.9. The standard InChI is InChI=1S/C20H23N3O5S2/c24-19-18(20(25)23-9-3-1-2-4-10-23)29-17-8-7-15(12-16(17)22-19)30(26,27)21-13-14-6-5-11-28-14/h5-8,11-12,18,21H,1-4,9-10,13H2,(H,22,24)/t18-/m1/s1. The van der Waals surface area contributed by atoms with Crippen molar-refractivity contribution in [2.75, 3.05) is 18.4 Å². The van der Waals surface area contributed by atoms with Crippen LogP contribution in [-0.2, 0) is 26.2 Å². The van der Waals surface area contributed by atoms with Crippen molar-refractivity contribution in [3.8, 4) is 0 Å². The fraction of sp³-hybridized carbons (Fsp3) is 0.400. The lowest BCUT2D eigenvalue weighted by atomic mass is 10.2. The summed E-state index contributed by atoms with van der Waals surface area (Å²) in [6, 6.07) is 7.87. The lowest BCUT2D eigenvalue weighted by Gasteiger charge is -2.28. The number of hydrogen-bond donors (Lipinski definition) is 2. The summed E-state index contributed by atoms with van der Waals surface area (Å²) in [5.74, 6) is -0.100. The van der Waals surface area contributed by atoms with Gasteiger partial charge in [0.15, 0.2) is 5.25 Å². The molecule has 2 aliphatic rings. The van der Waals surface area contributed by atoms with Crippen molar-refractivity contribution in [1.82, 2.24) is 9.62 Å². The van der Waals surface area contributed by atoms with Crippen LogP contribution < -0.4 is 10.0 Å². The number of benzene rings is 1. The number of furan rings is 1. The molecule has 8 nitrogen and oxygen atoms in total. The van der Waals surface area contributed by atoms with E-state index in [9.17, 15) is 18.0 Å². The molecule has 1 atom stereocenters. The number of fused-ring (bicyclic) bond motifs is 1. The van der Waals surface area contributed by atoms with Crippen LogP contribution in [0.15, 0.2) is 50.8 Å². The third-order valence-electron chi connectivity index (χ3n) is 5.16. The lowest BCUT2D eigenvalue weighted by Crippen LogP contribution is -2.45. The van der Waals surface area contributed by atoms with E-state index >= 15 is 0 Å². The minimum atomic E-state index is -3.78. The van der Waals surface area contributed by atoms with Gasteiger partial charge in [-0.3, -0.25) is 9.59 Å². The SMILES string of the molecule is O=C1Nc2cc(S(=O)(=O)NCc3ccco3)ccc2S[C@H]1C(=O)N1CCCCCC1. The van der Waals surface area contributed by atoms with Crippen molar-refractivity contribution in [3.63, 3.8) is 0 Å². The van der Waals surface area contributed by atoms with Crippen LogP contribution in [0.25, 0.3) is 0 Å². The molecule has 3 heterocycles. The Hall–Kier alpha value is -2.30. The Bertz CT molecular complexity index is 1030. The molecule has 2 N–H and O–H groups in total. The van der Waals surface area contributed by atoms with E-state index in [4.69, 9.17) is 4.42 Å². The minimum absolute atomic E-state index is 0.0277. The lowest BCUT2D eigenvalue weighted by molar-refractivity contribution is -0.133. The van der Waals surface area contributed by atoms with Crippen LogP contribution in [0.4, 0.5) is 5.69 Å². The van der Waals surface area contributed by atoms with Gasteiger partial charge in [0, 0.05) is 18.0 Å². The number of rotatable bonds is 5. The number of likely N-dealkylation sites (tertiary alicyclic amines) is 1. The van der Waals surface area contributed by atoms with Gasteiger partial charge in [0.1, 0.15) is 5.76 Å². The second-order valence-corrected chi connectivity index (χ2v) is 10.2. The summed E-state index contributed by atoms with van der Waals surface area (Å²) < 4.78 is 32.8. The van der Waals surface area contributed by atoms with Gasteiger partial charge >= 0.3 is 0 Å². The van der Waals surface area contributed by atoms with E-state index in [2.05, 4.69) is 10.0 Å². The molecular weight excluding hydrogens is 426 g/mol. The average Bonchev–Trinajstić information content (AvgIpc) is 3.11. The summed E-state index contributed by atoms with van der Waals surface area (Å²) in [6.07, 6.45) is 5.57. The number of carbonyl (C=O) groups is 2. The zero-order chi connectivity index (χ0) is 21.1. The van der Waals surface area contributed by atoms with Crippen molar-refractivity contribution in [2.24, 2.45) is 0 Å². The number of anilines is 1. The van der Waals surface area contributed by atoms with Crippen LogP contribution in [0.5, 0.6) is 0 Å². The Labute approximate surface area is 179 Å². The molecule has 1 aromatic heterocycles. The van der Waals surface area contributed by atoms with Crippen molar-refractivity contribution in [2.45, 2.75) is 47.3 Å². The Morgan fingerprint density at radius 1 is 1.20 bits per heavy atom. The molecule has 2 amide bonds. The van der Waals surface area contributed by atoms with E-state index in [1.165, 1.54) is 30.2 Å². The molecule has 2 aromatic rings.